The molecule has 0 aliphatic carbocycles. The summed E-state index contributed by atoms with van der Waals surface area (Å²) in [5.74, 6) is 0. The minimum absolute atomic E-state index is 0.00264. The van der Waals surface area contributed by atoms with Crippen LogP contribution in [0.3, 0.4) is 0 Å². The molecule has 0 aromatic heterocycles. The fraction of sp³-hybridized carbons (Fsp3) is 0.300. The number of hydrogen-bond acceptors (Lipinski definition) is 8. The fourth-order valence-electron chi connectivity index (χ4n) is 1.76. The molecular weight excluding hydrogens is 308 g/mol. The molecule has 2 unspecified atom stereocenters. The van der Waals surface area contributed by atoms with Gasteiger partial charge in [-0.2, -0.15) is 13.1 Å². The molecule has 0 bridgehead atoms. The first-order valence-corrected chi connectivity index (χ1v) is 6.93. The molecule has 1 aromatic carbocycles. The summed E-state index contributed by atoms with van der Waals surface area (Å²) in [6, 6.07) is 5.44. The predicted molar refractivity (Wildman–Crippen MR) is 66.3 cm³/mol. The Balaban J connectivity index is 2.37. The van der Waals surface area contributed by atoms with E-state index >= 15 is 0 Å². The molecule has 21 heavy (non-hydrogen) atoms. The lowest BCUT2D eigenvalue weighted by Gasteiger charge is -2.16. The maximum Gasteiger partial charge on any atom is 0.510 e. The van der Waals surface area contributed by atoms with Crippen LogP contribution in [0.5, 0.6) is 0 Å². The third kappa shape index (κ3) is 3.26. The third-order valence-corrected chi connectivity index (χ3v) is 3.60. The van der Waals surface area contributed by atoms with Crippen LogP contribution in [-0.2, 0) is 24.0 Å². The highest BCUT2D eigenvalue weighted by Gasteiger charge is 2.43. The molecular formula is C10H10N2O8S. The number of rotatable bonds is 5. The number of ether oxygens (including phenoxy) is 2. The van der Waals surface area contributed by atoms with Crippen LogP contribution in [0.1, 0.15) is 11.7 Å². The largest absolute Gasteiger partial charge is 0.510 e. The Hall–Kier alpha value is -2.24. The van der Waals surface area contributed by atoms with Crippen molar-refractivity contribution >= 4 is 22.1 Å². The van der Waals surface area contributed by atoms with Crippen LogP contribution >= 0.6 is 0 Å². The van der Waals surface area contributed by atoms with Gasteiger partial charge < -0.3 is 9.47 Å². The summed E-state index contributed by atoms with van der Waals surface area (Å²) in [5.41, 5.74) is -0.334. The van der Waals surface area contributed by atoms with Crippen molar-refractivity contribution in [3.05, 3.63) is 39.9 Å². The Bertz CT molecular complexity index is 673. The lowest BCUT2D eigenvalue weighted by atomic mass is 10.1. The maximum absolute atomic E-state index is 11.3. The van der Waals surface area contributed by atoms with E-state index in [0.717, 1.165) is 7.11 Å². The van der Waals surface area contributed by atoms with E-state index in [2.05, 4.69) is 8.92 Å². The van der Waals surface area contributed by atoms with Crippen LogP contribution in [0.15, 0.2) is 24.3 Å². The van der Waals surface area contributed by atoms with Crippen molar-refractivity contribution in [2.24, 2.45) is 0 Å². The van der Waals surface area contributed by atoms with Gasteiger partial charge in [-0.3, -0.25) is 14.3 Å². The molecule has 114 valence electrons. The maximum atomic E-state index is 11.3. The van der Waals surface area contributed by atoms with E-state index < -0.39 is 33.7 Å². The van der Waals surface area contributed by atoms with Crippen LogP contribution in [0.2, 0.25) is 0 Å². The molecule has 1 heterocycles. The number of hydrogen-bond donors (Lipinski definition) is 1. The molecule has 0 radical (unpaired) electrons. The standard InChI is InChI=1S/C10H10N2O8S/c1-18-21(16,17)11-9-8(19-10(13)20-9)6-4-2-3-5-7(6)12(14)15/h2-5,8-9,11H,1H3. The summed E-state index contributed by atoms with van der Waals surface area (Å²) in [5, 5.41) is 11.0. The number of nitro benzene ring substituents is 1. The van der Waals surface area contributed by atoms with Gasteiger partial charge in [0.05, 0.1) is 17.6 Å². The first-order chi connectivity index (χ1) is 9.84. The number of cyclic esters (lactones) is 2. The highest BCUT2D eigenvalue weighted by atomic mass is 32.2. The van der Waals surface area contributed by atoms with Gasteiger partial charge in [0.25, 0.3) is 5.69 Å². The number of nitrogens with one attached hydrogen (secondary N) is 1. The molecule has 1 N–H and O–H groups in total. The lowest BCUT2D eigenvalue weighted by Crippen LogP contribution is -2.38. The van der Waals surface area contributed by atoms with Gasteiger partial charge in [0.1, 0.15) is 0 Å². The molecule has 0 saturated carbocycles. The Morgan fingerprint density at radius 3 is 2.62 bits per heavy atom. The number of para-hydroxylation sites is 1. The minimum atomic E-state index is -4.18. The Morgan fingerprint density at radius 1 is 1.33 bits per heavy atom. The van der Waals surface area contributed by atoms with Crippen molar-refractivity contribution in [2.75, 3.05) is 7.11 Å². The van der Waals surface area contributed by atoms with E-state index in [-0.39, 0.29) is 11.3 Å². The van der Waals surface area contributed by atoms with E-state index in [1.165, 1.54) is 24.3 Å². The summed E-state index contributed by atoms with van der Waals surface area (Å²) in [4.78, 5) is 21.5. The summed E-state index contributed by atoms with van der Waals surface area (Å²) in [6.07, 6.45) is -3.92. The number of carbonyl (C=O) groups excluding carboxylic acids is 1. The zero-order chi connectivity index (χ0) is 15.6. The Morgan fingerprint density at radius 2 is 2.00 bits per heavy atom. The van der Waals surface area contributed by atoms with E-state index in [1.54, 1.807) is 0 Å². The molecule has 1 aliphatic rings. The third-order valence-electron chi connectivity index (χ3n) is 2.64. The molecule has 11 heteroatoms. The van der Waals surface area contributed by atoms with Crippen molar-refractivity contribution in [1.29, 1.82) is 0 Å². The smallest absolute Gasteiger partial charge is 0.420 e. The SMILES string of the molecule is COS(=O)(=O)NC1OC(=O)OC1c1ccccc1[N+](=O)[O-]. The van der Waals surface area contributed by atoms with Crippen molar-refractivity contribution in [3.63, 3.8) is 0 Å². The molecule has 0 spiro atoms. The van der Waals surface area contributed by atoms with Crippen molar-refractivity contribution in [3.8, 4) is 0 Å². The summed E-state index contributed by atoms with van der Waals surface area (Å²) in [6.45, 7) is 0. The monoisotopic (exact) mass is 318 g/mol. The van der Waals surface area contributed by atoms with Gasteiger partial charge >= 0.3 is 16.5 Å². The lowest BCUT2D eigenvalue weighted by molar-refractivity contribution is -0.386. The van der Waals surface area contributed by atoms with Gasteiger partial charge in [-0.1, -0.05) is 12.1 Å². The van der Waals surface area contributed by atoms with Crippen LogP contribution in [0.25, 0.3) is 0 Å². The summed E-state index contributed by atoms with van der Waals surface area (Å²) in [7, 11) is -3.27. The number of nitro groups is 1. The first kappa shape index (κ1) is 15.2. The number of carbonyl (C=O) groups is 1. The van der Waals surface area contributed by atoms with Gasteiger partial charge in [-0.05, 0) is 6.07 Å². The molecule has 1 saturated heterocycles. The molecule has 0 amide bonds. The first-order valence-electron chi connectivity index (χ1n) is 5.52. The van der Waals surface area contributed by atoms with Crippen LogP contribution in [0.4, 0.5) is 10.5 Å². The second-order valence-corrected chi connectivity index (χ2v) is 5.36. The van der Waals surface area contributed by atoms with E-state index in [9.17, 15) is 23.3 Å². The quantitative estimate of drug-likeness (QED) is 0.474. The van der Waals surface area contributed by atoms with Crippen LogP contribution in [-0.4, -0.2) is 32.8 Å². The predicted octanol–water partition coefficient (Wildman–Crippen LogP) is 0.610. The second kappa shape index (κ2) is 5.63. The topological polar surface area (TPSA) is 134 Å². The van der Waals surface area contributed by atoms with Crippen molar-refractivity contribution < 1.29 is 31.8 Å². The van der Waals surface area contributed by atoms with E-state index in [4.69, 9.17) is 4.74 Å². The molecule has 2 rings (SSSR count). The Kier molecular flexibility index (Phi) is 4.06. The second-order valence-electron chi connectivity index (χ2n) is 3.88. The fourth-order valence-corrected chi connectivity index (χ4v) is 2.31. The zero-order valence-electron chi connectivity index (χ0n) is 10.6. The summed E-state index contributed by atoms with van der Waals surface area (Å²) < 4.78 is 38.2. The minimum Gasteiger partial charge on any atom is -0.420 e. The van der Waals surface area contributed by atoms with Gasteiger partial charge in [0.2, 0.25) is 6.23 Å². The average molecular weight is 318 g/mol. The molecule has 1 aromatic rings. The van der Waals surface area contributed by atoms with E-state index in [0.29, 0.717) is 0 Å². The number of nitrogens with zero attached hydrogens (tertiary/aromatic N) is 1. The van der Waals surface area contributed by atoms with Gasteiger partial charge in [-0.15, -0.1) is 0 Å². The molecule has 1 fully saturated rings. The normalized spacial score (nSPS) is 21.7. The number of benzene rings is 1. The van der Waals surface area contributed by atoms with Gasteiger partial charge in [-0.25, -0.2) is 4.79 Å². The molecule has 10 nitrogen and oxygen atoms in total. The van der Waals surface area contributed by atoms with Crippen molar-refractivity contribution in [1.82, 2.24) is 4.72 Å². The van der Waals surface area contributed by atoms with Crippen LogP contribution in [0, 0.1) is 10.1 Å². The summed E-state index contributed by atoms with van der Waals surface area (Å²) >= 11 is 0. The molecule has 1 aliphatic heterocycles. The van der Waals surface area contributed by atoms with Crippen LogP contribution < -0.4 is 4.72 Å². The van der Waals surface area contributed by atoms with Gasteiger partial charge in [0.15, 0.2) is 6.10 Å². The average Bonchev–Trinajstić information content (AvgIpc) is 2.78. The highest BCUT2D eigenvalue weighted by Crippen LogP contribution is 2.34. The van der Waals surface area contributed by atoms with Crippen molar-refractivity contribution in [2.45, 2.75) is 12.3 Å². The van der Waals surface area contributed by atoms with Gasteiger partial charge in [0, 0.05) is 6.07 Å². The highest BCUT2D eigenvalue weighted by molar-refractivity contribution is 7.84. The van der Waals surface area contributed by atoms with E-state index in [1.807, 2.05) is 4.72 Å². The molecule has 2 atom stereocenters. The Labute approximate surface area is 119 Å². The zero-order valence-corrected chi connectivity index (χ0v) is 11.4.